The molecule has 8 nitrogen and oxygen atoms in total. The standard InChI is InChI=1S/C27H29F2N3O5S2/c1-27(28,29)12-11-20-16-32(19-9-5-4-6-10-19)21-14-23(38-3)22(15-24(21)39(35,36)31(20)2)37-17-18-8-7-13-30-25(18)26(33)34/h4-10,13-15,20H,11-12,16-17H2,1-3H3,(H,33,34)/t20-/m1/s1. The van der Waals surface area contributed by atoms with Gasteiger partial charge in [0, 0.05) is 49.6 Å². The molecule has 12 heteroatoms. The number of fused-ring (bicyclic) bond motifs is 1. The Hall–Kier alpha value is -3.22. The molecule has 0 unspecified atom stereocenters. The fourth-order valence-corrected chi connectivity index (χ4v) is 6.56. The van der Waals surface area contributed by atoms with Crippen LogP contribution in [-0.4, -0.2) is 60.6 Å². The quantitative estimate of drug-likeness (QED) is 0.326. The fourth-order valence-electron chi connectivity index (χ4n) is 4.44. The van der Waals surface area contributed by atoms with Crippen molar-refractivity contribution in [3.05, 3.63) is 72.1 Å². The van der Waals surface area contributed by atoms with Gasteiger partial charge in [0.2, 0.25) is 15.9 Å². The summed E-state index contributed by atoms with van der Waals surface area (Å²) in [4.78, 5) is 17.9. The minimum atomic E-state index is -4.12. The number of carbonyl (C=O) groups is 1. The van der Waals surface area contributed by atoms with Gasteiger partial charge in [-0.25, -0.2) is 27.0 Å². The predicted molar refractivity (Wildman–Crippen MR) is 146 cm³/mol. The second kappa shape index (κ2) is 11.5. The number of ether oxygens (including phenoxy) is 1. The van der Waals surface area contributed by atoms with Crippen molar-refractivity contribution in [2.75, 3.05) is 24.7 Å². The summed E-state index contributed by atoms with van der Waals surface area (Å²) >= 11 is 1.34. The molecular formula is C27H29F2N3O5S2. The fraction of sp³-hybridized carbons (Fsp3) is 0.333. The van der Waals surface area contributed by atoms with Crippen molar-refractivity contribution in [1.29, 1.82) is 0 Å². The Bertz CT molecular complexity index is 1450. The van der Waals surface area contributed by atoms with Crippen molar-refractivity contribution < 1.29 is 31.8 Å². The number of para-hydroxylation sites is 1. The van der Waals surface area contributed by atoms with Gasteiger partial charge in [0.1, 0.15) is 17.3 Å². The Morgan fingerprint density at radius 1 is 1.21 bits per heavy atom. The number of likely N-dealkylation sites (N-methyl/N-ethyl adjacent to an activating group) is 1. The largest absolute Gasteiger partial charge is 0.488 e. The van der Waals surface area contributed by atoms with Crippen molar-refractivity contribution in [1.82, 2.24) is 9.29 Å². The highest BCUT2D eigenvalue weighted by Gasteiger charge is 2.39. The zero-order valence-electron chi connectivity index (χ0n) is 21.7. The molecule has 1 atom stereocenters. The lowest BCUT2D eigenvalue weighted by Crippen LogP contribution is -2.41. The summed E-state index contributed by atoms with van der Waals surface area (Å²) in [7, 11) is -2.71. The summed E-state index contributed by atoms with van der Waals surface area (Å²) in [6, 6.07) is 14.8. The van der Waals surface area contributed by atoms with E-state index in [2.05, 4.69) is 4.98 Å². The number of halogens is 2. The topological polar surface area (TPSA) is 100 Å². The van der Waals surface area contributed by atoms with Gasteiger partial charge in [-0.15, -0.1) is 11.8 Å². The highest BCUT2D eigenvalue weighted by atomic mass is 32.2. The summed E-state index contributed by atoms with van der Waals surface area (Å²) in [5.41, 5.74) is 1.30. The molecule has 208 valence electrons. The predicted octanol–water partition coefficient (Wildman–Crippen LogP) is 5.66. The van der Waals surface area contributed by atoms with E-state index in [4.69, 9.17) is 4.74 Å². The molecule has 3 aromatic rings. The minimum absolute atomic E-state index is 0.0305. The van der Waals surface area contributed by atoms with E-state index in [1.54, 1.807) is 18.2 Å². The maximum Gasteiger partial charge on any atom is 0.354 e. The Morgan fingerprint density at radius 2 is 1.92 bits per heavy atom. The van der Waals surface area contributed by atoms with Crippen molar-refractivity contribution in [2.24, 2.45) is 0 Å². The molecule has 1 aromatic heterocycles. The first-order valence-corrected chi connectivity index (χ1v) is 14.8. The van der Waals surface area contributed by atoms with Crippen LogP contribution >= 0.6 is 11.8 Å². The molecule has 39 heavy (non-hydrogen) atoms. The second-order valence-electron chi connectivity index (χ2n) is 9.31. The number of carboxylic acids is 1. The van der Waals surface area contributed by atoms with Gasteiger partial charge in [0.25, 0.3) is 0 Å². The first kappa shape index (κ1) is 28.8. The lowest BCUT2D eigenvalue weighted by molar-refractivity contribution is 0.00679. The van der Waals surface area contributed by atoms with Crippen LogP contribution in [0.2, 0.25) is 0 Å². The normalized spacial score (nSPS) is 17.4. The molecule has 0 bridgehead atoms. The summed E-state index contributed by atoms with van der Waals surface area (Å²) < 4.78 is 62.5. The number of hydrogen-bond acceptors (Lipinski definition) is 7. The van der Waals surface area contributed by atoms with Gasteiger partial charge < -0.3 is 14.7 Å². The number of anilines is 2. The average Bonchev–Trinajstić information content (AvgIpc) is 2.98. The Morgan fingerprint density at radius 3 is 2.56 bits per heavy atom. The summed E-state index contributed by atoms with van der Waals surface area (Å²) in [5, 5.41) is 9.45. The molecule has 0 aliphatic carbocycles. The maximum atomic E-state index is 13.9. The van der Waals surface area contributed by atoms with Crippen molar-refractivity contribution in [3.8, 4) is 5.75 Å². The number of nitrogens with zero attached hydrogens (tertiary/aromatic N) is 3. The third-order valence-corrected chi connectivity index (χ3v) is 9.26. The number of thioether (sulfide) groups is 1. The number of alkyl halides is 2. The van der Waals surface area contributed by atoms with Gasteiger partial charge in [0.15, 0.2) is 5.69 Å². The number of aromatic nitrogens is 1. The number of aromatic carboxylic acids is 1. The van der Waals surface area contributed by atoms with Crippen LogP contribution in [0.3, 0.4) is 0 Å². The number of sulfonamides is 1. The molecule has 0 spiro atoms. The van der Waals surface area contributed by atoms with E-state index in [0.717, 1.165) is 16.9 Å². The molecule has 0 saturated carbocycles. The number of pyridine rings is 1. The third kappa shape index (κ3) is 6.34. The van der Waals surface area contributed by atoms with Gasteiger partial charge in [-0.1, -0.05) is 24.3 Å². The van der Waals surface area contributed by atoms with Gasteiger partial charge >= 0.3 is 5.97 Å². The molecule has 0 fully saturated rings. The van der Waals surface area contributed by atoms with Crippen molar-refractivity contribution in [3.63, 3.8) is 0 Å². The minimum Gasteiger partial charge on any atom is -0.488 e. The van der Waals surface area contributed by atoms with E-state index in [1.807, 2.05) is 41.5 Å². The van der Waals surface area contributed by atoms with Crippen molar-refractivity contribution in [2.45, 2.75) is 48.1 Å². The van der Waals surface area contributed by atoms with E-state index >= 15 is 0 Å². The second-order valence-corrected chi connectivity index (χ2v) is 12.1. The zero-order chi connectivity index (χ0) is 28.4. The van der Waals surface area contributed by atoms with Gasteiger partial charge in [-0.2, -0.15) is 4.31 Å². The van der Waals surface area contributed by atoms with E-state index in [1.165, 1.54) is 31.1 Å². The third-order valence-electron chi connectivity index (χ3n) is 6.56. The van der Waals surface area contributed by atoms with Crippen molar-refractivity contribution >= 4 is 39.1 Å². The van der Waals surface area contributed by atoms with Crippen LogP contribution in [0.5, 0.6) is 5.75 Å². The van der Waals surface area contributed by atoms with E-state index in [9.17, 15) is 27.1 Å². The van der Waals surface area contributed by atoms with Crippen LogP contribution in [0.1, 0.15) is 35.8 Å². The molecular weight excluding hydrogens is 548 g/mol. The van der Waals surface area contributed by atoms with Gasteiger partial charge in [-0.3, -0.25) is 0 Å². The van der Waals surface area contributed by atoms with Crippen LogP contribution in [-0.2, 0) is 16.6 Å². The lowest BCUT2D eigenvalue weighted by Gasteiger charge is -2.30. The number of rotatable bonds is 9. The van der Waals surface area contributed by atoms with Gasteiger partial charge in [0.05, 0.1) is 10.6 Å². The monoisotopic (exact) mass is 577 g/mol. The molecule has 0 amide bonds. The number of carboxylic acid groups (broad SMARTS) is 1. The molecule has 1 aliphatic heterocycles. The van der Waals surface area contributed by atoms with Crippen LogP contribution in [0.25, 0.3) is 0 Å². The Labute approximate surface area is 230 Å². The Balaban J connectivity index is 1.81. The highest BCUT2D eigenvalue weighted by molar-refractivity contribution is 7.98. The zero-order valence-corrected chi connectivity index (χ0v) is 23.3. The first-order valence-electron chi connectivity index (χ1n) is 12.1. The Kier molecular flexibility index (Phi) is 8.48. The molecule has 0 saturated heterocycles. The lowest BCUT2D eigenvalue weighted by atomic mass is 10.1. The van der Waals surface area contributed by atoms with Gasteiger partial charge in [-0.05, 0) is 43.9 Å². The van der Waals surface area contributed by atoms with Crippen LogP contribution < -0.4 is 9.64 Å². The average molecular weight is 578 g/mol. The molecule has 0 radical (unpaired) electrons. The van der Waals surface area contributed by atoms with Crippen LogP contribution in [0, 0.1) is 0 Å². The highest BCUT2D eigenvalue weighted by Crippen LogP contribution is 2.44. The number of benzene rings is 2. The smallest absolute Gasteiger partial charge is 0.354 e. The summed E-state index contributed by atoms with van der Waals surface area (Å²) in [5.74, 6) is -3.88. The maximum absolute atomic E-state index is 13.9. The van der Waals surface area contributed by atoms with Crippen LogP contribution in [0.15, 0.2) is 70.6 Å². The summed E-state index contributed by atoms with van der Waals surface area (Å²) in [6.07, 6.45) is 2.69. The number of hydrogen-bond donors (Lipinski definition) is 1. The van der Waals surface area contributed by atoms with E-state index in [-0.39, 0.29) is 35.9 Å². The molecule has 2 aromatic carbocycles. The SMILES string of the molecule is CSc1cc2c(cc1OCc1cccnc1C(=O)O)S(=O)(=O)N(C)[C@H](CCC(C)(F)F)CN2c1ccccc1. The van der Waals surface area contributed by atoms with E-state index < -0.39 is 34.4 Å². The van der Waals surface area contributed by atoms with E-state index in [0.29, 0.717) is 16.1 Å². The summed E-state index contributed by atoms with van der Waals surface area (Å²) in [6.45, 7) is 0.858. The van der Waals surface area contributed by atoms with Crippen LogP contribution in [0.4, 0.5) is 20.2 Å². The molecule has 1 aliphatic rings. The molecule has 4 rings (SSSR count). The first-order chi connectivity index (χ1) is 18.4. The molecule has 1 N–H and O–H groups in total. The molecule has 2 heterocycles.